The molecule has 0 radical (unpaired) electrons. The Labute approximate surface area is 132 Å². The first kappa shape index (κ1) is 17.5. The van der Waals surface area contributed by atoms with Crippen LogP contribution in [-0.2, 0) is 0 Å². The van der Waals surface area contributed by atoms with Crippen molar-refractivity contribution >= 4 is 11.5 Å². The number of hydrogen-bond acceptors (Lipinski definition) is 6. The van der Waals surface area contributed by atoms with Crippen LogP contribution in [0, 0.1) is 0 Å². The SMILES string of the molecule is Nc1nc(OCC(F)(F)F)nc(-c2ccc(OC(F)F)cc2)c1N. The van der Waals surface area contributed by atoms with E-state index < -0.39 is 25.4 Å². The summed E-state index contributed by atoms with van der Waals surface area (Å²) < 4.78 is 69.4. The van der Waals surface area contributed by atoms with Gasteiger partial charge in [-0.05, 0) is 24.3 Å². The number of nitrogens with zero attached hydrogens (tertiary/aromatic N) is 2. The van der Waals surface area contributed by atoms with Gasteiger partial charge in [-0.2, -0.15) is 31.9 Å². The number of halogens is 5. The number of anilines is 2. The maximum atomic E-state index is 12.2. The molecule has 2 aromatic rings. The highest BCUT2D eigenvalue weighted by Crippen LogP contribution is 2.31. The summed E-state index contributed by atoms with van der Waals surface area (Å²) in [6.45, 7) is -4.59. The smallest absolute Gasteiger partial charge is 0.422 e. The second kappa shape index (κ2) is 6.72. The van der Waals surface area contributed by atoms with Crippen LogP contribution in [-0.4, -0.2) is 29.4 Å². The Bertz CT molecular complexity index is 707. The molecule has 0 atom stereocenters. The van der Waals surface area contributed by atoms with Crippen molar-refractivity contribution in [3.05, 3.63) is 24.3 Å². The summed E-state index contributed by atoms with van der Waals surface area (Å²) in [4.78, 5) is 7.28. The lowest BCUT2D eigenvalue weighted by Crippen LogP contribution is -2.20. The van der Waals surface area contributed by atoms with E-state index in [1.807, 2.05) is 0 Å². The highest BCUT2D eigenvalue weighted by atomic mass is 19.4. The van der Waals surface area contributed by atoms with Gasteiger partial charge in [0.05, 0.1) is 0 Å². The van der Waals surface area contributed by atoms with Gasteiger partial charge in [-0.3, -0.25) is 0 Å². The molecule has 0 aliphatic heterocycles. The van der Waals surface area contributed by atoms with Gasteiger partial charge in [0.15, 0.2) is 12.4 Å². The van der Waals surface area contributed by atoms with E-state index in [0.717, 1.165) is 0 Å². The van der Waals surface area contributed by atoms with E-state index in [2.05, 4.69) is 19.4 Å². The predicted molar refractivity (Wildman–Crippen MR) is 74.5 cm³/mol. The standard InChI is InChI=1S/C13H11F5N4O2/c14-11(15)24-7-3-1-6(2-4-7)9-8(19)10(20)22-12(21-9)23-5-13(16,17)18/h1-4,11H,5,19H2,(H2,20,21,22). The van der Waals surface area contributed by atoms with Crippen LogP contribution in [0.4, 0.5) is 33.5 Å². The molecule has 0 unspecified atom stereocenters. The van der Waals surface area contributed by atoms with Gasteiger partial charge in [0, 0.05) is 5.56 Å². The van der Waals surface area contributed by atoms with E-state index in [0.29, 0.717) is 5.56 Å². The first-order valence-corrected chi connectivity index (χ1v) is 6.33. The monoisotopic (exact) mass is 350 g/mol. The molecule has 2 rings (SSSR count). The number of benzene rings is 1. The zero-order chi connectivity index (χ0) is 17.9. The van der Waals surface area contributed by atoms with Crippen LogP contribution in [0.15, 0.2) is 24.3 Å². The molecule has 0 saturated carbocycles. The summed E-state index contributed by atoms with van der Waals surface area (Å²) in [6.07, 6.45) is -4.58. The molecule has 0 aliphatic carbocycles. The second-order valence-corrected chi connectivity index (χ2v) is 4.46. The van der Waals surface area contributed by atoms with Crippen molar-refractivity contribution in [2.75, 3.05) is 18.1 Å². The van der Waals surface area contributed by atoms with Crippen LogP contribution in [0.5, 0.6) is 11.8 Å². The van der Waals surface area contributed by atoms with Crippen molar-refractivity contribution < 1.29 is 31.4 Å². The first-order valence-electron chi connectivity index (χ1n) is 6.33. The Morgan fingerprint density at radius 2 is 1.67 bits per heavy atom. The number of nitrogen functional groups attached to an aromatic ring is 2. The topological polar surface area (TPSA) is 96.3 Å². The van der Waals surface area contributed by atoms with Gasteiger partial charge in [0.1, 0.15) is 17.1 Å². The maximum absolute atomic E-state index is 12.2. The Hall–Kier alpha value is -2.85. The summed E-state index contributed by atoms with van der Waals surface area (Å²) >= 11 is 0. The molecule has 0 spiro atoms. The third kappa shape index (κ3) is 4.57. The van der Waals surface area contributed by atoms with Gasteiger partial charge in [-0.15, -0.1) is 0 Å². The van der Waals surface area contributed by atoms with Gasteiger partial charge < -0.3 is 20.9 Å². The van der Waals surface area contributed by atoms with Gasteiger partial charge in [0.2, 0.25) is 0 Å². The number of rotatable bonds is 5. The van der Waals surface area contributed by atoms with Crippen molar-refractivity contribution in [2.24, 2.45) is 0 Å². The normalized spacial score (nSPS) is 11.6. The van der Waals surface area contributed by atoms with Crippen molar-refractivity contribution in [1.29, 1.82) is 0 Å². The minimum Gasteiger partial charge on any atom is -0.454 e. The van der Waals surface area contributed by atoms with E-state index >= 15 is 0 Å². The number of hydrogen-bond donors (Lipinski definition) is 2. The Balaban J connectivity index is 2.30. The fraction of sp³-hybridized carbons (Fsp3) is 0.231. The Morgan fingerprint density at radius 1 is 1.04 bits per heavy atom. The van der Waals surface area contributed by atoms with Gasteiger partial charge in [0.25, 0.3) is 0 Å². The average molecular weight is 350 g/mol. The molecule has 0 bridgehead atoms. The number of nitrogens with two attached hydrogens (primary N) is 2. The van der Waals surface area contributed by atoms with E-state index in [4.69, 9.17) is 11.5 Å². The van der Waals surface area contributed by atoms with E-state index in [-0.39, 0.29) is 22.9 Å². The van der Waals surface area contributed by atoms with E-state index in [9.17, 15) is 22.0 Å². The van der Waals surface area contributed by atoms with Gasteiger partial charge in [-0.1, -0.05) is 0 Å². The fourth-order valence-electron chi connectivity index (χ4n) is 1.69. The first-order chi connectivity index (χ1) is 11.2. The lowest BCUT2D eigenvalue weighted by molar-refractivity contribution is -0.154. The van der Waals surface area contributed by atoms with Crippen LogP contribution in [0.3, 0.4) is 0 Å². The number of aromatic nitrogens is 2. The molecule has 130 valence electrons. The average Bonchev–Trinajstić information content (AvgIpc) is 2.48. The maximum Gasteiger partial charge on any atom is 0.422 e. The van der Waals surface area contributed by atoms with E-state index in [1.54, 1.807) is 0 Å². The van der Waals surface area contributed by atoms with Crippen molar-refractivity contribution in [3.63, 3.8) is 0 Å². The largest absolute Gasteiger partial charge is 0.454 e. The van der Waals surface area contributed by atoms with E-state index in [1.165, 1.54) is 24.3 Å². The number of ether oxygens (including phenoxy) is 2. The van der Waals surface area contributed by atoms with Crippen molar-refractivity contribution in [1.82, 2.24) is 9.97 Å². The molecule has 1 heterocycles. The molecule has 4 N–H and O–H groups in total. The quantitative estimate of drug-likeness (QED) is 0.805. The van der Waals surface area contributed by atoms with Crippen molar-refractivity contribution in [3.8, 4) is 23.0 Å². The predicted octanol–water partition coefficient (Wildman–Crippen LogP) is 2.85. The molecule has 1 aromatic heterocycles. The zero-order valence-corrected chi connectivity index (χ0v) is 11.8. The molecule has 0 saturated heterocycles. The van der Waals surface area contributed by atoms with Crippen LogP contribution >= 0.6 is 0 Å². The molecule has 6 nitrogen and oxygen atoms in total. The molecule has 0 aliphatic rings. The number of alkyl halides is 5. The summed E-state index contributed by atoms with van der Waals surface area (Å²) in [7, 11) is 0. The third-order valence-corrected chi connectivity index (χ3v) is 2.67. The zero-order valence-electron chi connectivity index (χ0n) is 11.8. The Kier molecular flexibility index (Phi) is 4.90. The summed E-state index contributed by atoms with van der Waals surface area (Å²) in [5.74, 6) is -0.382. The summed E-state index contributed by atoms with van der Waals surface area (Å²) in [6, 6.07) is 4.50. The van der Waals surface area contributed by atoms with Gasteiger partial charge in [-0.25, -0.2) is 0 Å². The molecule has 0 fully saturated rings. The lowest BCUT2D eigenvalue weighted by Gasteiger charge is -2.12. The molecule has 11 heteroatoms. The van der Waals surface area contributed by atoms with Gasteiger partial charge >= 0.3 is 18.8 Å². The minimum absolute atomic E-state index is 0.00303. The third-order valence-electron chi connectivity index (χ3n) is 2.67. The summed E-state index contributed by atoms with van der Waals surface area (Å²) in [5, 5.41) is 0. The minimum atomic E-state index is -4.58. The molecule has 0 amide bonds. The van der Waals surface area contributed by atoms with Crippen LogP contribution < -0.4 is 20.9 Å². The fourth-order valence-corrected chi connectivity index (χ4v) is 1.69. The molecular formula is C13H11F5N4O2. The highest BCUT2D eigenvalue weighted by molar-refractivity contribution is 5.79. The molecule has 1 aromatic carbocycles. The molecule has 24 heavy (non-hydrogen) atoms. The van der Waals surface area contributed by atoms with Crippen LogP contribution in [0.1, 0.15) is 0 Å². The molecular weight excluding hydrogens is 339 g/mol. The van der Waals surface area contributed by atoms with Crippen molar-refractivity contribution in [2.45, 2.75) is 12.8 Å². The highest BCUT2D eigenvalue weighted by Gasteiger charge is 2.29. The lowest BCUT2D eigenvalue weighted by atomic mass is 10.1. The van der Waals surface area contributed by atoms with Crippen LogP contribution in [0.25, 0.3) is 11.3 Å². The van der Waals surface area contributed by atoms with Crippen LogP contribution in [0.2, 0.25) is 0 Å². The Morgan fingerprint density at radius 3 is 2.21 bits per heavy atom. The summed E-state index contributed by atoms with van der Waals surface area (Å²) in [5.41, 5.74) is 11.5. The second-order valence-electron chi connectivity index (χ2n) is 4.46.